The van der Waals surface area contributed by atoms with Crippen LogP contribution in [-0.4, -0.2) is 25.4 Å². The smallest absolute Gasteiger partial charge is 0.303 e. The summed E-state index contributed by atoms with van der Waals surface area (Å²) in [4.78, 5) is 24.5. The van der Waals surface area contributed by atoms with Gasteiger partial charge in [0.25, 0.3) is 15.9 Å². The van der Waals surface area contributed by atoms with Crippen LogP contribution >= 0.6 is 0 Å². The number of carbonyl (C=O) groups excluding carboxylic acids is 1. The lowest BCUT2D eigenvalue weighted by atomic mass is 10.1. The van der Waals surface area contributed by atoms with Gasteiger partial charge in [-0.25, -0.2) is 8.42 Å². The van der Waals surface area contributed by atoms with Crippen LogP contribution in [-0.2, 0) is 21.2 Å². The van der Waals surface area contributed by atoms with Gasteiger partial charge in [0.15, 0.2) is 0 Å². The molecule has 25 heavy (non-hydrogen) atoms. The topological polar surface area (TPSA) is 113 Å². The third-order valence-corrected chi connectivity index (χ3v) is 4.74. The minimum absolute atomic E-state index is 0.0308. The standard InChI is InChI=1S/C17H18N2O5S/c1-12-2-7-14(8-3-12)17(22)18-19-25(23,24)15-9-4-13(5-10-15)6-11-16(20)21/h2-5,7-10,19H,6,11H2,1H3,(H,18,22)(H,20,21). The molecule has 0 saturated carbocycles. The highest BCUT2D eigenvalue weighted by Crippen LogP contribution is 2.11. The molecule has 0 saturated heterocycles. The van der Waals surface area contributed by atoms with Crippen LogP contribution < -0.4 is 10.3 Å². The summed E-state index contributed by atoms with van der Waals surface area (Å²) in [7, 11) is -3.92. The maximum Gasteiger partial charge on any atom is 0.303 e. The second-order valence-electron chi connectivity index (χ2n) is 5.46. The molecule has 0 fully saturated rings. The maximum absolute atomic E-state index is 12.2. The van der Waals surface area contributed by atoms with E-state index in [1.54, 1.807) is 36.4 Å². The Hall–Kier alpha value is -2.71. The molecule has 1 amide bonds. The molecule has 0 aliphatic rings. The van der Waals surface area contributed by atoms with Gasteiger partial charge >= 0.3 is 5.97 Å². The van der Waals surface area contributed by atoms with Gasteiger partial charge in [0, 0.05) is 12.0 Å². The molecular formula is C17H18N2O5S. The molecule has 0 aromatic heterocycles. The molecule has 0 unspecified atom stereocenters. The fraction of sp³-hybridized carbons (Fsp3) is 0.176. The van der Waals surface area contributed by atoms with Gasteiger partial charge in [0.05, 0.1) is 4.90 Å². The minimum atomic E-state index is -3.92. The number of hydrogen-bond acceptors (Lipinski definition) is 4. The Kier molecular flexibility index (Phi) is 5.89. The first-order chi connectivity index (χ1) is 11.8. The largest absolute Gasteiger partial charge is 0.481 e. The molecule has 8 heteroatoms. The van der Waals surface area contributed by atoms with Gasteiger partial charge in [-0.05, 0) is 43.2 Å². The zero-order valence-corrected chi connectivity index (χ0v) is 14.3. The van der Waals surface area contributed by atoms with Gasteiger partial charge in [-0.3, -0.25) is 15.0 Å². The van der Waals surface area contributed by atoms with E-state index < -0.39 is 21.9 Å². The Morgan fingerprint density at radius 2 is 1.60 bits per heavy atom. The molecule has 2 aromatic carbocycles. The van der Waals surface area contributed by atoms with Crippen molar-refractivity contribution >= 4 is 21.9 Å². The Bertz CT molecular complexity index is 859. The quantitative estimate of drug-likeness (QED) is 0.648. The predicted octanol–water partition coefficient (Wildman–Crippen LogP) is 1.64. The number of aryl methyl sites for hydroxylation is 2. The molecular weight excluding hydrogens is 344 g/mol. The summed E-state index contributed by atoms with van der Waals surface area (Å²) >= 11 is 0. The van der Waals surface area contributed by atoms with Crippen molar-refractivity contribution in [2.45, 2.75) is 24.7 Å². The highest BCUT2D eigenvalue weighted by molar-refractivity contribution is 7.89. The van der Waals surface area contributed by atoms with Gasteiger partial charge in [-0.15, -0.1) is 4.83 Å². The summed E-state index contributed by atoms with van der Waals surface area (Å²) in [5, 5.41) is 8.64. The van der Waals surface area contributed by atoms with Crippen LogP contribution in [0.5, 0.6) is 0 Å². The number of carbonyl (C=O) groups is 2. The molecule has 0 aliphatic heterocycles. The lowest BCUT2D eigenvalue weighted by Gasteiger charge is -2.09. The van der Waals surface area contributed by atoms with Gasteiger partial charge in [-0.2, -0.15) is 0 Å². The van der Waals surface area contributed by atoms with Crippen LogP contribution in [0.1, 0.15) is 27.9 Å². The minimum Gasteiger partial charge on any atom is -0.481 e. The molecule has 0 aliphatic carbocycles. The number of benzene rings is 2. The van der Waals surface area contributed by atoms with Crippen molar-refractivity contribution in [2.24, 2.45) is 0 Å². The van der Waals surface area contributed by atoms with Crippen molar-refractivity contribution < 1.29 is 23.1 Å². The number of aliphatic carboxylic acids is 1. The predicted molar refractivity (Wildman–Crippen MR) is 91.4 cm³/mol. The van der Waals surface area contributed by atoms with E-state index in [1.807, 2.05) is 11.8 Å². The third kappa shape index (κ3) is 5.40. The van der Waals surface area contributed by atoms with Crippen molar-refractivity contribution in [1.82, 2.24) is 10.3 Å². The Morgan fingerprint density at radius 3 is 2.16 bits per heavy atom. The van der Waals surface area contributed by atoms with Crippen LogP contribution in [0.2, 0.25) is 0 Å². The van der Waals surface area contributed by atoms with Crippen molar-refractivity contribution in [3.63, 3.8) is 0 Å². The summed E-state index contributed by atoms with van der Waals surface area (Å²) in [5.74, 6) is -1.49. The van der Waals surface area contributed by atoms with Crippen LogP contribution in [0, 0.1) is 6.92 Å². The Balaban J connectivity index is 1.99. The van der Waals surface area contributed by atoms with E-state index in [4.69, 9.17) is 5.11 Å². The van der Waals surface area contributed by atoms with Crippen molar-refractivity contribution in [1.29, 1.82) is 0 Å². The van der Waals surface area contributed by atoms with E-state index in [0.29, 0.717) is 17.5 Å². The summed E-state index contributed by atoms with van der Waals surface area (Å²) in [5.41, 5.74) is 4.19. The van der Waals surface area contributed by atoms with E-state index in [2.05, 4.69) is 5.43 Å². The second-order valence-corrected chi connectivity index (χ2v) is 7.15. The monoisotopic (exact) mass is 362 g/mol. The van der Waals surface area contributed by atoms with Crippen molar-refractivity contribution in [3.05, 3.63) is 65.2 Å². The number of carboxylic acids is 1. The zero-order chi connectivity index (χ0) is 18.4. The summed E-state index contributed by atoms with van der Waals surface area (Å²) in [6, 6.07) is 12.5. The molecule has 2 rings (SSSR count). The molecule has 3 N–H and O–H groups in total. The van der Waals surface area contributed by atoms with Gasteiger partial charge in [0.1, 0.15) is 0 Å². The SMILES string of the molecule is Cc1ccc(C(=O)NNS(=O)(=O)c2ccc(CCC(=O)O)cc2)cc1. The molecule has 2 aromatic rings. The van der Waals surface area contributed by atoms with E-state index in [9.17, 15) is 18.0 Å². The molecule has 0 atom stereocenters. The van der Waals surface area contributed by atoms with E-state index in [1.165, 1.54) is 12.1 Å². The first-order valence-corrected chi connectivity index (χ1v) is 8.96. The first kappa shape index (κ1) is 18.6. The van der Waals surface area contributed by atoms with Crippen LogP contribution in [0.4, 0.5) is 0 Å². The highest BCUT2D eigenvalue weighted by Gasteiger charge is 2.15. The highest BCUT2D eigenvalue weighted by atomic mass is 32.2. The molecule has 0 heterocycles. The van der Waals surface area contributed by atoms with Gasteiger partial charge in [-0.1, -0.05) is 29.8 Å². The molecule has 0 spiro atoms. The van der Waals surface area contributed by atoms with Crippen LogP contribution in [0.15, 0.2) is 53.4 Å². The van der Waals surface area contributed by atoms with Crippen molar-refractivity contribution in [3.8, 4) is 0 Å². The molecule has 132 valence electrons. The average Bonchev–Trinajstić information content (AvgIpc) is 2.59. The Morgan fingerprint density at radius 1 is 1.00 bits per heavy atom. The lowest BCUT2D eigenvalue weighted by molar-refractivity contribution is -0.136. The third-order valence-electron chi connectivity index (χ3n) is 3.47. The van der Waals surface area contributed by atoms with Crippen LogP contribution in [0.3, 0.4) is 0 Å². The number of amides is 1. The first-order valence-electron chi connectivity index (χ1n) is 7.47. The van der Waals surface area contributed by atoms with E-state index >= 15 is 0 Å². The van der Waals surface area contributed by atoms with Gasteiger partial charge < -0.3 is 5.11 Å². The fourth-order valence-corrected chi connectivity index (χ4v) is 2.88. The number of sulfonamides is 1. The lowest BCUT2D eigenvalue weighted by Crippen LogP contribution is -2.41. The average molecular weight is 362 g/mol. The fourth-order valence-electron chi connectivity index (χ4n) is 2.04. The zero-order valence-electron chi connectivity index (χ0n) is 13.5. The van der Waals surface area contributed by atoms with Crippen LogP contribution in [0.25, 0.3) is 0 Å². The van der Waals surface area contributed by atoms with E-state index in [0.717, 1.165) is 5.56 Å². The number of hydrogen-bond donors (Lipinski definition) is 3. The number of rotatable bonds is 7. The second kappa shape index (κ2) is 7.91. The molecule has 0 bridgehead atoms. The van der Waals surface area contributed by atoms with Gasteiger partial charge in [0.2, 0.25) is 0 Å². The molecule has 0 radical (unpaired) electrons. The number of hydrazine groups is 1. The summed E-state index contributed by atoms with van der Waals surface area (Å²) < 4.78 is 24.4. The normalized spacial score (nSPS) is 11.1. The van der Waals surface area contributed by atoms with E-state index in [-0.39, 0.29) is 11.3 Å². The Labute approximate surface area is 145 Å². The van der Waals surface area contributed by atoms with Crippen molar-refractivity contribution in [2.75, 3.05) is 0 Å². The molecule has 7 nitrogen and oxygen atoms in total. The number of nitrogens with one attached hydrogen (secondary N) is 2. The maximum atomic E-state index is 12.2. The summed E-state index contributed by atoms with van der Waals surface area (Å²) in [6.07, 6.45) is 0.282. The summed E-state index contributed by atoms with van der Waals surface area (Å²) in [6.45, 7) is 1.88. The number of carboxylic acid groups (broad SMARTS) is 1.